The van der Waals surface area contributed by atoms with E-state index in [0.717, 1.165) is 18.5 Å². The van der Waals surface area contributed by atoms with Crippen molar-refractivity contribution in [1.82, 2.24) is 14.4 Å². The van der Waals surface area contributed by atoms with E-state index in [-0.39, 0.29) is 29.2 Å². The molecule has 3 aliphatic rings. The van der Waals surface area contributed by atoms with Crippen molar-refractivity contribution < 1.29 is 18.7 Å². The van der Waals surface area contributed by atoms with Gasteiger partial charge in [0.05, 0.1) is 18.4 Å². The molecule has 0 unspecified atom stereocenters. The molecule has 0 N–H and O–H groups in total. The highest BCUT2D eigenvalue weighted by atomic mass is 16.5. The zero-order valence-electron chi connectivity index (χ0n) is 16.7. The third kappa shape index (κ3) is 3.25. The summed E-state index contributed by atoms with van der Waals surface area (Å²) in [5.74, 6) is -0.218. The molecule has 5 rings (SSSR count). The van der Waals surface area contributed by atoms with Gasteiger partial charge in [-0.25, -0.2) is 0 Å². The maximum atomic E-state index is 13.6. The summed E-state index contributed by atoms with van der Waals surface area (Å²) in [4.78, 5) is 43.1. The molecule has 0 aliphatic carbocycles. The number of carbonyl (C=O) groups excluding carboxylic acids is 2. The number of aromatic nitrogens is 1. The Hall–Kier alpha value is -2.87. The number of carbonyl (C=O) groups is 2. The lowest BCUT2D eigenvalue weighted by Gasteiger charge is -2.47. The van der Waals surface area contributed by atoms with Gasteiger partial charge in [0.25, 0.3) is 11.5 Å². The van der Waals surface area contributed by atoms with Crippen molar-refractivity contribution in [1.29, 1.82) is 0 Å². The Morgan fingerprint density at radius 1 is 1.03 bits per heavy atom. The molecule has 2 aromatic rings. The summed E-state index contributed by atoms with van der Waals surface area (Å²) in [7, 11) is 0. The highest BCUT2D eigenvalue weighted by Crippen LogP contribution is 2.42. The topological polar surface area (TPSA) is 85.0 Å². The van der Waals surface area contributed by atoms with E-state index in [4.69, 9.17) is 9.15 Å². The lowest BCUT2D eigenvalue weighted by atomic mass is 9.77. The summed E-state index contributed by atoms with van der Waals surface area (Å²) in [6, 6.07) is 6.24. The number of likely N-dealkylation sites (tertiary alicyclic amines) is 1. The predicted octanol–water partition coefficient (Wildman–Crippen LogP) is 1.49. The molecule has 0 radical (unpaired) electrons. The molecular weight excluding hydrogens is 386 g/mol. The number of fused-ring (bicyclic) bond motifs is 4. The Morgan fingerprint density at radius 2 is 1.93 bits per heavy atom. The molecule has 2 saturated heterocycles. The number of rotatable bonds is 2. The molecule has 2 bridgehead atoms. The Bertz CT molecular complexity index is 990. The van der Waals surface area contributed by atoms with Gasteiger partial charge < -0.3 is 19.0 Å². The number of amides is 2. The average molecular weight is 411 g/mol. The maximum Gasteiger partial charge on any atom is 0.257 e. The van der Waals surface area contributed by atoms with Crippen molar-refractivity contribution in [2.45, 2.75) is 24.8 Å². The van der Waals surface area contributed by atoms with Crippen LogP contribution in [0.5, 0.6) is 0 Å². The van der Waals surface area contributed by atoms with Gasteiger partial charge in [-0.3, -0.25) is 19.0 Å². The number of ether oxygens (including phenoxy) is 1. The molecule has 8 heteroatoms. The van der Waals surface area contributed by atoms with Crippen LogP contribution in [0.1, 0.15) is 40.9 Å². The maximum absolute atomic E-state index is 13.6. The minimum Gasteiger partial charge on any atom is -0.472 e. The van der Waals surface area contributed by atoms with Gasteiger partial charge in [-0.05, 0) is 25.0 Å². The third-order valence-corrected chi connectivity index (χ3v) is 6.49. The summed E-state index contributed by atoms with van der Waals surface area (Å²) in [5.41, 5.74) is 1.20. The average Bonchev–Trinajstić information content (AvgIpc) is 3.16. The van der Waals surface area contributed by atoms with Crippen molar-refractivity contribution >= 4 is 11.8 Å². The minimum absolute atomic E-state index is 0.0324. The van der Waals surface area contributed by atoms with Crippen LogP contribution in [0.15, 0.2) is 46.0 Å². The van der Waals surface area contributed by atoms with Crippen molar-refractivity contribution in [3.63, 3.8) is 0 Å². The van der Waals surface area contributed by atoms with Gasteiger partial charge >= 0.3 is 0 Å². The smallest absolute Gasteiger partial charge is 0.257 e. The number of hydrogen-bond donors (Lipinski definition) is 0. The van der Waals surface area contributed by atoms with E-state index in [2.05, 4.69) is 0 Å². The highest BCUT2D eigenvalue weighted by molar-refractivity contribution is 5.94. The van der Waals surface area contributed by atoms with Crippen LogP contribution < -0.4 is 5.56 Å². The first kappa shape index (κ1) is 19.1. The Kier molecular flexibility index (Phi) is 4.94. The van der Waals surface area contributed by atoms with E-state index in [0.29, 0.717) is 45.0 Å². The Balaban J connectivity index is 1.51. The molecule has 2 aromatic heterocycles. The zero-order valence-corrected chi connectivity index (χ0v) is 16.7. The minimum atomic E-state index is -0.594. The fraction of sp³-hybridized carbons (Fsp3) is 0.500. The highest BCUT2D eigenvalue weighted by Gasteiger charge is 2.46. The van der Waals surface area contributed by atoms with E-state index >= 15 is 0 Å². The first-order chi connectivity index (χ1) is 14.6. The molecule has 3 atom stereocenters. The van der Waals surface area contributed by atoms with E-state index in [1.165, 1.54) is 18.6 Å². The molecular formula is C22H25N3O5. The van der Waals surface area contributed by atoms with Crippen molar-refractivity contribution in [3.05, 3.63) is 58.4 Å². The fourth-order valence-corrected chi connectivity index (χ4v) is 5.14. The van der Waals surface area contributed by atoms with E-state index in [1.807, 2.05) is 11.0 Å². The molecule has 0 spiro atoms. The van der Waals surface area contributed by atoms with Crippen LogP contribution in [0, 0.1) is 5.92 Å². The van der Waals surface area contributed by atoms with Crippen molar-refractivity contribution in [3.8, 4) is 0 Å². The molecule has 2 fully saturated rings. The molecule has 0 saturated carbocycles. The van der Waals surface area contributed by atoms with Crippen LogP contribution >= 0.6 is 0 Å². The normalized spacial score (nSPS) is 26.1. The summed E-state index contributed by atoms with van der Waals surface area (Å²) in [5, 5.41) is 0. The summed E-state index contributed by atoms with van der Waals surface area (Å²) < 4.78 is 12.3. The van der Waals surface area contributed by atoms with Gasteiger partial charge in [-0.15, -0.1) is 0 Å². The summed E-state index contributed by atoms with van der Waals surface area (Å²) >= 11 is 0. The molecule has 30 heavy (non-hydrogen) atoms. The second kappa shape index (κ2) is 7.75. The Morgan fingerprint density at radius 3 is 2.77 bits per heavy atom. The van der Waals surface area contributed by atoms with Crippen LogP contribution in [0.25, 0.3) is 0 Å². The molecule has 0 aromatic carbocycles. The van der Waals surface area contributed by atoms with Gasteiger partial charge in [-0.1, -0.05) is 6.07 Å². The molecule has 8 nitrogen and oxygen atoms in total. The summed E-state index contributed by atoms with van der Waals surface area (Å²) in [6.07, 6.45) is 4.51. The van der Waals surface area contributed by atoms with E-state index < -0.39 is 6.04 Å². The first-order valence-electron chi connectivity index (χ1n) is 10.5. The number of hydrogen-bond acceptors (Lipinski definition) is 5. The lowest BCUT2D eigenvalue weighted by molar-refractivity contribution is -0.138. The van der Waals surface area contributed by atoms with Gasteiger partial charge in [0.2, 0.25) is 5.91 Å². The predicted molar refractivity (Wildman–Crippen MR) is 107 cm³/mol. The van der Waals surface area contributed by atoms with Gasteiger partial charge in [0, 0.05) is 56.4 Å². The largest absolute Gasteiger partial charge is 0.472 e. The van der Waals surface area contributed by atoms with Crippen molar-refractivity contribution in [2.75, 3.05) is 39.4 Å². The SMILES string of the molecule is O=C(c1ccoc1)N1C[C@@H]2C[C@H](C1)[C@H](C(=O)N1CCCOCC1)n1c2cccc1=O. The van der Waals surface area contributed by atoms with E-state index in [1.54, 1.807) is 21.6 Å². The molecule has 5 heterocycles. The first-order valence-corrected chi connectivity index (χ1v) is 10.5. The monoisotopic (exact) mass is 411 g/mol. The molecule has 2 amide bonds. The summed E-state index contributed by atoms with van der Waals surface area (Å²) in [6.45, 7) is 3.28. The second-order valence-electron chi connectivity index (χ2n) is 8.31. The Labute approximate surface area is 174 Å². The molecule has 158 valence electrons. The van der Waals surface area contributed by atoms with Crippen LogP contribution in [0.2, 0.25) is 0 Å². The van der Waals surface area contributed by atoms with Crippen LogP contribution in [-0.4, -0.2) is 65.6 Å². The third-order valence-electron chi connectivity index (χ3n) is 6.49. The van der Waals surface area contributed by atoms with Crippen LogP contribution in [-0.2, 0) is 9.53 Å². The zero-order chi connectivity index (χ0) is 20.7. The van der Waals surface area contributed by atoms with Crippen LogP contribution in [0.3, 0.4) is 0 Å². The molecule has 3 aliphatic heterocycles. The fourth-order valence-electron chi connectivity index (χ4n) is 5.14. The van der Waals surface area contributed by atoms with Gasteiger partial charge in [0.15, 0.2) is 0 Å². The number of piperidine rings is 1. The van der Waals surface area contributed by atoms with Crippen LogP contribution in [0.4, 0.5) is 0 Å². The standard InChI is InChI=1S/C22H25N3O5/c26-19-4-1-3-18-16-11-17(13-24(12-16)21(27)15-5-9-30-14-15)20(25(18)19)22(28)23-6-2-8-29-10-7-23/h1,3-5,9,14,16-17,20H,2,6-8,10-13H2/t16-,17+,20+/m0/s1. The van der Waals surface area contributed by atoms with E-state index in [9.17, 15) is 14.4 Å². The number of nitrogens with zero attached hydrogens (tertiary/aromatic N) is 3. The number of pyridine rings is 1. The van der Waals surface area contributed by atoms with Gasteiger partial charge in [0.1, 0.15) is 12.3 Å². The van der Waals surface area contributed by atoms with Crippen molar-refractivity contribution in [2.24, 2.45) is 5.92 Å². The lowest BCUT2D eigenvalue weighted by Crippen LogP contribution is -2.55. The number of furan rings is 1. The quantitative estimate of drug-likeness (QED) is 0.748. The second-order valence-corrected chi connectivity index (χ2v) is 8.31. The van der Waals surface area contributed by atoms with Gasteiger partial charge in [-0.2, -0.15) is 0 Å².